The number of rotatable bonds is 6. The lowest BCUT2D eigenvalue weighted by atomic mass is 10.0. The second-order valence-corrected chi connectivity index (χ2v) is 5.58. The number of piperidine rings is 1. The Labute approximate surface area is 128 Å². The molecule has 0 amide bonds. The Hall–Kier alpha value is -1.11. The van der Waals surface area contributed by atoms with Crippen LogP contribution in [0.5, 0.6) is 0 Å². The summed E-state index contributed by atoms with van der Waals surface area (Å²) in [6, 6.07) is 5.76. The van der Waals surface area contributed by atoms with Crippen LogP contribution in [0.2, 0.25) is 0 Å². The fourth-order valence-electron chi connectivity index (χ4n) is 2.72. The highest BCUT2D eigenvalue weighted by Crippen LogP contribution is 2.32. The number of hydrogen-bond donors (Lipinski definition) is 1. The molecule has 0 aromatic heterocycles. The minimum absolute atomic E-state index is 0.118. The van der Waals surface area contributed by atoms with E-state index in [-0.39, 0.29) is 12.7 Å². The zero-order valence-corrected chi connectivity index (χ0v) is 12.5. The average molecular weight is 317 g/mol. The number of hydrogen-bond acceptors (Lipinski definition) is 3. The molecular weight excluding hydrogens is 295 g/mol. The highest BCUT2D eigenvalue weighted by molar-refractivity contribution is 5.29. The zero-order chi connectivity index (χ0) is 16.0. The van der Waals surface area contributed by atoms with Crippen molar-refractivity contribution in [2.45, 2.75) is 38.1 Å². The van der Waals surface area contributed by atoms with Gasteiger partial charge in [0, 0.05) is 32.8 Å². The van der Waals surface area contributed by atoms with Gasteiger partial charge in [0.05, 0.1) is 11.7 Å². The van der Waals surface area contributed by atoms with Gasteiger partial charge in [-0.05, 0) is 30.9 Å². The number of alkyl halides is 3. The first kappa shape index (κ1) is 17.2. The lowest BCUT2D eigenvalue weighted by molar-refractivity contribution is -0.138. The van der Waals surface area contributed by atoms with E-state index in [0.29, 0.717) is 25.1 Å². The van der Waals surface area contributed by atoms with Gasteiger partial charge in [-0.3, -0.25) is 4.90 Å². The van der Waals surface area contributed by atoms with E-state index in [9.17, 15) is 13.2 Å². The van der Waals surface area contributed by atoms with Gasteiger partial charge in [-0.15, -0.1) is 0 Å². The molecule has 22 heavy (non-hydrogen) atoms. The van der Waals surface area contributed by atoms with E-state index in [4.69, 9.17) is 9.84 Å². The average Bonchev–Trinajstić information content (AvgIpc) is 2.49. The van der Waals surface area contributed by atoms with Crippen molar-refractivity contribution >= 4 is 0 Å². The summed E-state index contributed by atoms with van der Waals surface area (Å²) in [6.45, 7) is 2.44. The molecule has 0 bridgehead atoms. The molecule has 124 valence electrons. The molecule has 1 aromatic rings. The van der Waals surface area contributed by atoms with Gasteiger partial charge in [-0.2, -0.15) is 13.2 Å². The third-order valence-electron chi connectivity index (χ3n) is 3.91. The van der Waals surface area contributed by atoms with Crippen LogP contribution in [-0.2, 0) is 17.5 Å². The Morgan fingerprint density at radius 3 is 2.50 bits per heavy atom. The van der Waals surface area contributed by atoms with Crippen LogP contribution in [0.15, 0.2) is 24.3 Å². The SMILES string of the molecule is OCCCOC1CCN(Cc2ccccc2C(F)(F)F)CC1. The van der Waals surface area contributed by atoms with Crippen molar-refractivity contribution in [3.8, 4) is 0 Å². The quantitative estimate of drug-likeness (QED) is 0.819. The van der Waals surface area contributed by atoms with Crippen LogP contribution in [0.4, 0.5) is 13.2 Å². The number of benzene rings is 1. The van der Waals surface area contributed by atoms with Gasteiger partial charge in [-0.25, -0.2) is 0 Å². The number of aliphatic hydroxyl groups is 1. The highest BCUT2D eigenvalue weighted by atomic mass is 19.4. The second kappa shape index (κ2) is 7.94. The van der Waals surface area contributed by atoms with Crippen molar-refractivity contribution in [2.75, 3.05) is 26.3 Å². The maximum Gasteiger partial charge on any atom is 0.416 e. The first-order valence-corrected chi connectivity index (χ1v) is 7.60. The Kier molecular flexibility index (Phi) is 6.23. The molecule has 6 heteroatoms. The smallest absolute Gasteiger partial charge is 0.396 e. The maximum absolute atomic E-state index is 13.0. The Morgan fingerprint density at radius 2 is 1.86 bits per heavy atom. The summed E-state index contributed by atoms with van der Waals surface area (Å²) < 4.78 is 44.6. The van der Waals surface area contributed by atoms with E-state index >= 15 is 0 Å². The van der Waals surface area contributed by atoms with E-state index < -0.39 is 11.7 Å². The van der Waals surface area contributed by atoms with Gasteiger partial charge in [0.1, 0.15) is 0 Å². The fraction of sp³-hybridized carbons (Fsp3) is 0.625. The van der Waals surface area contributed by atoms with E-state index in [1.807, 2.05) is 4.90 Å². The molecule has 0 spiro atoms. The van der Waals surface area contributed by atoms with Gasteiger partial charge >= 0.3 is 6.18 Å². The first-order valence-electron chi connectivity index (χ1n) is 7.60. The molecule has 0 radical (unpaired) electrons. The molecule has 0 unspecified atom stereocenters. The molecule has 1 aromatic carbocycles. The van der Waals surface area contributed by atoms with Crippen LogP contribution >= 0.6 is 0 Å². The molecule has 0 atom stereocenters. The molecular formula is C16H22F3NO2. The summed E-state index contributed by atoms with van der Waals surface area (Å²) in [6.07, 6.45) is -1.89. The van der Waals surface area contributed by atoms with Crippen LogP contribution in [0, 0.1) is 0 Å². The third kappa shape index (κ3) is 4.97. The van der Waals surface area contributed by atoms with Crippen molar-refractivity contribution in [1.82, 2.24) is 4.90 Å². The lowest BCUT2D eigenvalue weighted by Gasteiger charge is -2.32. The number of likely N-dealkylation sites (tertiary alicyclic amines) is 1. The van der Waals surface area contributed by atoms with Gasteiger partial charge in [-0.1, -0.05) is 18.2 Å². The fourth-order valence-corrected chi connectivity index (χ4v) is 2.72. The maximum atomic E-state index is 13.0. The van der Waals surface area contributed by atoms with E-state index in [1.54, 1.807) is 12.1 Å². The van der Waals surface area contributed by atoms with E-state index in [1.165, 1.54) is 6.07 Å². The summed E-state index contributed by atoms with van der Waals surface area (Å²) in [5.74, 6) is 0. The van der Waals surface area contributed by atoms with Crippen LogP contribution in [0.3, 0.4) is 0 Å². The lowest BCUT2D eigenvalue weighted by Crippen LogP contribution is -2.37. The van der Waals surface area contributed by atoms with Crippen LogP contribution in [0.25, 0.3) is 0 Å². The van der Waals surface area contributed by atoms with E-state index in [0.717, 1.165) is 32.0 Å². The van der Waals surface area contributed by atoms with Crippen molar-refractivity contribution in [2.24, 2.45) is 0 Å². The summed E-state index contributed by atoms with van der Waals surface area (Å²) in [5, 5.41) is 8.71. The predicted octanol–water partition coefficient (Wildman–Crippen LogP) is 3.07. The van der Waals surface area contributed by atoms with Gasteiger partial charge in [0.25, 0.3) is 0 Å². The van der Waals surface area contributed by atoms with Gasteiger partial charge < -0.3 is 9.84 Å². The van der Waals surface area contributed by atoms with E-state index in [2.05, 4.69) is 0 Å². The molecule has 3 nitrogen and oxygen atoms in total. The molecule has 0 saturated carbocycles. The molecule has 1 aliphatic heterocycles. The Balaban J connectivity index is 1.86. The molecule has 1 heterocycles. The summed E-state index contributed by atoms with van der Waals surface area (Å²) >= 11 is 0. The number of ether oxygens (including phenoxy) is 1. The minimum atomic E-state index is -4.30. The third-order valence-corrected chi connectivity index (χ3v) is 3.91. The zero-order valence-electron chi connectivity index (χ0n) is 12.5. The monoisotopic (exact) mass is 317 g/mol. The Bertz CT molecular complexity index is 457. The van der Waals surface area contributed by atoms with Crippen LogP contribution in [-0.4, -0.2) is 42.4 Å². The molecule has 0 aliphatic carbocycles. The van der Waals surface area contributed by atoms with Crippen molar-refractivity contribution in [3.63, 3.8) is 0 Å². The first-order chi connectivity index (χ1) is 10.5. The highest BCUT2D eigenvalue weighted by Gasteiger charge is 2.33. The summed E-state index contributed by atoms with van der Waals surface area (Å²) in [7, 11) is 0. The topological polar surface area (TPSA) is 32.7 Å². The molecule has 1 saturated heterocycles. The minimum Gasteiger partial charge on any atom is -0.396 e. The van der Waals surface area contributed by atoms with Crippen molar-refractivity contribution < 1.29 is 23.0 Å². The molecule has 1 aliphatic rings. The van der Waals surface area contributed by atoms with Crippen LogP contribution < -0.4 is 0 Å². The molecule has 1 fully saturated rings. The second-order valence-electron chi connectivity index (χ2n) is 5.58. The largest absolute Gasteiger partial charge is 0.416 e. The normalized spacial score (nSPS) is 17.8. The Morgan fingerprint density at radius 1 is 1.18 bits per heavy atom. The molecule has 2 rings (SSSR count). The van der Waals surface area contributed by atoms with Crippen molar-refractivity contribution in [3.05, 3.63) is 35.4 Å². The van der Waals surface area contributed by atoms with Gasteiger partial charge in [0.2, 0.25) is 0 Å². The predicted molar refractivity (Wildman–Crippen MR) is 77.4 cm³/mol. The summed E-state index contributed by atoms with van der Waals surface area (Å²) in [4.78, 5) is 2.04. The summed E-state index contributed by atoms with van der Waals surface area (Å²) in [5.41, 5.74) is -0.217. The number of halogens is 3. The standard InChI is InChI=1S/C16H22F3NO2/c17-16(18,19)15-5-2-1-4-13(15)12-20-8-6-14(7-9-20)22-11-3-10-21/h1-2,4-5,14,21H,3,6-12H2. The van der Waals surface area contributed by atoms with Gasteiger partial charge in [0.15, 0.2) is 0 Å². The molecule has 1 N–H and O–H groups in total. The number of aliphatic hydroxyl groups excluding tert-OH is 1. The van der Waals surface area contributed by atoms with Crippen LogP contribution in [0.1, 0.15) is 30.4 Å². The number of nitrogens with zero attached hydrogens (tertiary/aromatic N) is 1. The van der Waals surface area contributed by atoms with Crippen molar-refractivity contribution in [1.29, 1.82) is 0 Å².